The van der Waals surface area contributed by atoms with Crippen LogP contribution in [0.25, 0.3) is 0 Å². The molecular formula is C11H19N3. The molecule has 3 nitrogen and oxygen atoms in total. The van der Waals surface area contributed by atoms with Gasteiger partial charge in [-0.05, 0) is 38.8 Å². The summed E-state index contributed by atoms with van der Waals surface area (Å²) in [5.41, 5.74) is 0. The van der Waals surface area contributed by atoms with Gasteiger partial charge in [-0.3, -0.25) is 4.90 Å². The highest BCUT2D eigenvalue weighted by Gasteiger charge is 2.34. The lowest BCUT2D eigenvalue weighted by Crippen LogP contribution is -2.46. The van der Waals surface area contributed by atoms with Gasteiger partial charge in [0.05, 0.1) is 12.0 Å². The summed E-state index contributed by atoms with van der Waals surface area (Å²) in [5, 5.41) is 12.3. The zero-order chi connectivity index (χ0) is 9.97. The van der Waals surface area contributed by atoms with E-state index in [0.717, 1.165) is 19.0 Å². The van der Waals surface area contributed by atoms with Gasteiger partial charge in [-0.2, -0.15) is 5.26 Å². The Hall–Kier alpha value is -0.590. The molecule has 2 fully saturated rings. The van der Waals surface area contributed by atoms with Gasteiger partial charge in [0.1, 0.15) is 0 Å². The first-order chi connectivity index (χ1) is 6.81. The maximum absolute atomic E-state index is 8.81. The van der Waals surface area contributed by atoms with Crippen molar-refractivity contribution in [1.82, 2.24) is 10.2 Å². The van der Waals surface area contributed by atoms with E-state index < -0.39 is 0 Å². The predicted molar refractivity (Wildman–Crippen MR) is 55.7 cm³/mol. The maximum atomic E-state index is 8.81. The van der Waals surface area contributed by atoms with Crippen LogP contribution in [0.5, 0.6) is 0 Å². The minimum atomic E-state index is 0.175. The van der Waals surface area contributed by atoms with Gasteiger partial charge in [0.15, 0.2) is 0 Å². The molecule has 2 heterocycles. The fourth-order valence-corrected chi connectivity index (χ4v) is 2.78. The number of hydrogen-bond donors (Lipinski definition) is 1. The Morgan fingerprint density at radius 3 is 3.21 bits per heavy atom. The van der Waals surface area contributed by atoms with Crippen LogP contribution >= 0.6 is 0 Å². The highest BCUT2D eigenvalue weighted by Crippen LogP contribution is 2.26. The minimum Gasteiger partial charge on any atom is -0.315 e. The second-order valence-corrected chi connectivity index (χ2v) is 4.65. The fourth-order valence-electron chi connectivity index (χ4n) is 2.78. The van der Waals surface area contributed by atoms with Crippen molar-refractivity contribution in [2.24, 2.45) is 11.8 Å². The van der Waals surface area contributed by atoms with Gasteiger partial charge < -0.3 is 5.32 Å². The number of nitriles is 1. The largest absolute Gasteiger partial charge is 0.315 e. The molecule has 0 radical (unpaired) electrons. The number of rotatable bonds is 2. The van der Waals surface area contributed by atoms with Gasteiger partial charge in [-0.15, -0.1) is 0 Å². The van der Waals surface area contributed by atoms with Gasteiger partial charge >= 0.3 is 0 Å². The minimum absolute atomic E-state index is 0.175. The molecule has 0 aliphatic carbocycles. The summed E-state index contributed by atoms with van der Waals surface area (Å²) < 4.78 is 0. The molecule has 0 aromatic rings. The summed E-state index contributed by atoms with van der Waals surface area (Å²) >= 11 is 0. The van der Waals surface area contributed by atoms with E-state index in [1.165, 1.54) is 25.9 Å². The lowest BCUT2D eigenvalue weighted by Gasteiger charge is -2.37. The lowest BCUT2D eigenvalue weighted by molar-refractivity contribution is 0.116. The van der Waals surface area contributed by atoms with E-state index in [4.69, 9.17) is 5.26 Å². The molecule has 1 N–H and O–H groups in total. The molecule has 2 aliphatic rings. The van der Waals surface area contributed by atoms with Gasteiger partial charge in [0.25, 0.3) is 0 Å². The Bertz CT molecular complexity index is 233. The van der Waals surface area contributed by atoms with Crippen LogP contribution in [0, 0.1) is 23.2 Å². The highest BCUT2D eigenvalue weighted by atomic mass is 15.2. The second kappa shape index (κ2) is 4.29. The third-order valence-electron chi connectivity index (χ3n) is 3.52. The molecule has 3 unspecified atom stereocenters. The number of nitrogens with one attached hydrogen (secondary N) is 1. The molecule has 0 bridgehead atoms. The smallest absolute Gasteiger partial charge is 0.0666 e. The predicted octanol–water partition coefficient (Wildman–Crippen LogP) is 0.830. The van der Waals surface area contributed by atoms with Crippen LogP contribution in [0.2, 0.25) is 0 Å². The average molecular weight is 193 g/mol. The standard InChI is InChI=1S/C11H19N3/c1-9(5-12)8-14-4-2-3-10-6-13-7-11(10)14/h9-11,13H,2-4,6-8H2,1H3. The summed E-state index contributed by atoms with van der Waals surface area (Å²) in [6, 6.07) is 3.04. The van der Waals surface area contributed by atoms with E-state index >= 15 is 0 Å². The summed E-state index contributed by atoms with van der Waals surface area (Å²) in [6.45, 7) is 6.48. The Morgan fingerprint density at radius 1 is 1.57 bits per heavy atom. The molecule has 0 spiro atoms. The van der Waals surface area contributed by atoms with E-state index in [1.807, 2.05) is 6.92 Å². The van der Waals surface area contributed by atoms with Crippen LogP contribution in [0.4, 0.5) is 0 Å². The molecule has 2 saturated heterocycles. The van der Waals surface area contributed by atoms with Crippen molar-refractivity contribution in [3.05, 3.63) is 0 Å². The first-order valence-corrected chi connectivity index (χ1v) is 5.65. The van der Waals surface area contributed by atoms with Crippen LogP contribution in [0.3, 0.4) is 0 Å². The summed E-state index contributed by atoms with van der Waals surface area (Å²) in [4.78, 5) is 2.52. The molecule has 78 valence electrons. The third kappa shape index (κ3) is 1.92. The Morgan fingerprint density at radius 2 is 2.43 bits per heavy atom. The average Bonchev–Trinajstić information content (AvgIpc) is 2.66. The van der Waals surface area contributed by atoms with Crippen molar-refractivity contribution < 1.29 is 0 Å². The van der Waals surface area contributed by atoms with Crippen molar-refractivity contribution in [2.75, 3.05) is 26.2 Å². The Labute approximate surface area is 86.1 Å². The molecule has 3 atom stereocenters. The fraction of sp³-hybridized carbons (Fsp3) is 0.909. The number of hydrogen-bond acceptors (Lipinski definition) is 3. The van der Waals surface area contributed by atoms with Gasteiger partial charge in [0, 0.05) is 19.1 Å². The van der Waals surface area contributed by atoms with E-state index in [0.29, 0.717) is 6.04 Å². The second-order valence-electron chi connectivity index (χ2n) is 4.65. The van der Waals surface area contributed by atoms with Crippen molar-refractivity contribution in [3.63, 3.8) is 0 Å². The van der Waals surface area contributed by atoms with Crippen LogP contribution in [-0.2, 0) is 0 Å². The zero-order valence-corrected chi connectivity index (χ0v) is 8.87. The molecule has 14 heavy (non-hydrogen) atoms. The number of piperidine rings is 1. The molecule has 0 amide bonds. The number of likely N-dealkylation sites (tertiary alicyclic amines) is 1. The SMILES string of the molecule is CC(C#N)CN1CCCC2CNCC21. The van der Waals surface area contributed by atoms with Crippen molar-refractivity contribution in [2.45, 2.75) is 25.8 Å². The topological polar surface area (TPSA) is 39.1 Å². The molecule has 2 aliphatic heterocycles. The van der Waals surface area contributed by atoms with E-state index in [2.05, 4.69) is 16.3 Å². The quantitative estimate of drug-likeness (QED) is 0.706. The van der Waals surface area contributed by atoms with Crippen molar-refractivity contribution in [1.29, 1.82) is 5.26 Å². The monoisotopic (exact) mass is 193 g/mol. The molecule has 3 heteroatoms. The van der Waals surface area contributed by atoms with E-state index in [9.17, 15) is 0 Å². The van der Waals surface area contributed by atoms with Crippen LogP contribution in [0.1, 0.15) is 19.8 Å². The van der Waals surface area contributed by atoms with Crippen molar-refractivity contribution >= 4 is 0 Å². The number of fused-ring (bicyclic) bond motifs is 1. The molecule has 0 saturated carbocycles. The number of nitrogens with zero attached hydrogens (tertiary/aromatic N) is 2. The zero-order valence-electron chi connectivity index (χ0n) is 8.87. The van der Waals surface area contributed by atoms with Gasteiger partial charge in [-0.1, -0.05) is 0 Å². The summed E-state index contributed by atoms with van der Waals surface area (Å²) in [6.07, 6.45) is 2.68. The highest BCUT2D eigenvalue weighted by molar-refractivity contribution is 4.94. The van der Waals surface area contributed by atoms with Crippen LogP contribution in [-0.4, -0.2) is 37.1 Å². The first-order valence-electron chi connectivity index (χ1n) is 5.65. The van der Waals surface area contributed by atoms with E-state index in [1.54, 1.807) is 0 Å². The van der Waals surface area contributed by atoms with Gasteiger partial charge in [-0.25, -0.2) is 0 Å². The van der Waals surface area contributed by atoms with Crippen LogP contribution < -0.4 is 5.32 Å². The normalized spacial score (nSPS) is 34.9. The first kappa shape index (κ1) is 9.95. The van der Waals surface area contributed by atoms with Crippen molar-refractivity contribution in [3.8, 4) is 6.07 Å². The Balaban J connectivity index is 1.94. The summed E-state index contributed by atoms with van der Waals surface area (Å²) in [5.74, 6) is 1.02. The Kier molecular flexibility index (Phi) is 3.05. The van der Waals surface area contributed by atoms with Gasteiger partial charge in [0.2, 0.25) is 0 Å². The van der Waals surface area contributed by atoms with E-state index in [-0.39, 0.29) is 5.92 Å². The molecule has 2 rings (SSSR count). The van der Waals surface area contributed by atoms with Crippen LogP contribution in [0.15, 0.2) is 0 Å². The molecular weight excluding hydrogens is 174 g/mol. The third-order valence-corrected chi connectivity index (χ3v) is 3.52. The molecule has 0 aromatic heterocycles. The maximum Gasteiger partial charge on any atom is 0.0666 e. The summed E-state index contributed by atoms with van der Waals surface area (Å²) in [7, 11) is 0. The molecule has 0 aromatic carbocycles. The lowest BCUT2D eigenvalue weighted by atomic mass is 9.91.